The number of hydrogen-bond acceptors (Lipinski definition) is 3. The van der Waals surface area contributed by atoms with E-state index in [4.69, 9.17) is 15.0 Å². The van der Waals surface area contributed by atoms with Gasteiger partial charge in [-0.2, -0.15) is 0 Å². The Bertz CT molecular complexity index is 2710. The first-order valence-corrected chi connectivity index (χ1v) is 20.7. The number of nitrogens with zero attached hydrogens (tertiary/aromatic N) is 3. The number of aromatic nitrogens is 3. The fourth-order valence-electron chi connectivity index (χ4n) is 7.83. The van der Waals surface area contributed by atoms with Crippen molar-refractivity contribution in [3.8, 4) is 44.9 Å². The maximum absolute atomic E-state index is 9.87. The molecule has 0 saturated heterocycles. The minimum atomic E-state index is -2.51. The van der Waals surface area contributed by atoms with Crippen molar-refractivity contribution in [2.75, 3.05) is 0 Å². The zero-order chi connectivity index (χ0) is 45.1. The van der Waals surface area contributed by atoms with Gasteiger partial charge in [0.25, 0.3) is 0 Å². The van der Waals surface area contributed by atoms with E-state index in [1.54, 1.807) is 0 Å². The van der Waals surface area contributed by atoms with Crippen molar-refractivity contribution < 1.29 is 25.6 Å². The minimum absolute atomic E-state index is 0. The largest absolute Gasteiger partial charge is 3.00 e. The third-order valence-electron chi connectivity index (χ3n) is 11.3. The van der Waals surface area contributed by atoms with Crippen LogP contribution in [0.15, 0.2) is 164 Å². The maximum atomic E-state index is 9.87. The maximum Gasteiger partial charge on any atom is 3.00 e. The second-order valence-electron chi connectivity index (χ2n) is 16.8. The molecule has 0 N–H and O–H groups in total. The molecule has 0 aliphatic rings. The minimum Gasteiger partial charge on any atom is -0.304 e. The number of benzene rings is 5. The van der Waals surface area contributed by atoms with Gasteiger partial charge in [-0.3, -0.25) is 0 Å². The molecule has 8 aromatic rings. The molecule has 304 valence electrons. The Balaban J connectivity index is 0.00000630. The van der Waals surface area contributed by atoms with Crippen LogP contribution in [0.5, 0.6) is 0 Å². The van der Waals surface area contributed by atoms with Crippen LogP contribution in [0.4, 0.5) is 0 Å². The molecule has 5 aromatic carbocycles. The molecule has 0 atom stereocenters. The van der Waals surface area contributed by atoms with Gasteiger partial charge in [-0.15, -0.1) is 108 Å². The molecule has 0 spiro atoms. The van der Waals surface area contributed by atoms with Crippen LogP contribution in [0.1, 0.15) is 79.0 Å². The fourth-order valence-corrected chi connectivity index (χ4v) is 7.83. The first-order valence-electron chi connectivity index (χ1n) is 22.7. The molecular weight excluding hydrogens is 919 g/mol. The van der Waals surface area contributed by atoms with Crippen molar-refractivity contribution in [3.63, 3.8) is 0 Å². The Morgan fingerprint density at radius 2 is 0.967 bits per heavy atom. The Kier molecular flexibility index (Phi) is 12.1. The second-order valence-corrected chi connectivity index (χ2v) is 16.8. The van der Waals surface area contributed by atoms with Gasteiger partial charge in [0.05, 0.1) is 0 Å². The van der Waals surface area contributed by atoms with Crippen LogP contribution in [-0.2, 0) is 62.9 Å². The van der Waals surface area contributed by atoms with Gasteiger partial charge in [0.1, 0.15) is 0 Å². The molecule has 3 aromatic heterocycles. The summed E-state index contributed by atoms with van der Waals surface area (Å²) in [5.74, 6) is 0. The molecule has 0 saturated carbocycles. The zero-order valence-corrected chi connectivity index (χ0v) is 37.8. The quantitative estimate of drug-likeness (QED) is 0.102. The molecule has 3 heterocycles. The van der Waals surface area contributed by atoms with Crippen molar-refractivity contribution in [2.45, 2.75) is 77.5 Å². The number of rotatable bonds is 14. The topological polar surface area (TPSA) is 38.7 Å². The van der Waals surface area contributed by atoms with E-state index >= 15 is 0 Å². The van der Waals surface area contributed by atoms with Crippen LogP contribution in [0.2, 0.25) is 0 Å². The predicted octanol–water partition coefficient (Wildman–Crippen LogP) is 13.3. The molecule has 3 nitrogen and oxygen atoms in total. The van der Waals surface area contributed by atoms with Crippen LogP contribution in [0.3, 0.4) is 0 Å². The molecule has 4 heteroatoms. The van der Waals surface area contributed by atoms with Crippen LogP contribution in [0, 0.1) is 18.2 Å². The molecule has 61 heavy (non-hydrogen) atoms. The summed E-state index contributed by atoms with van der Waals surface area (Å²) in [6.07, 6.45) is 2.35. The molecule has 0 aliphatic heterocycles. The second kappa shape index (κ2) is 19.3. The Morgan fingerprint density at radius 3 is 1.41 bits per heavy atom. The predicted molar refractivity (Wildman–Crippen MR) is 248 cm³/mol. The average molecular weight is 975 g/mol. The number of aryl methyl sites for hydroxylation is 3. The zero-order valence-electron chi connectivity index (χ0n) is 39.4. The van der Waals surface area contributed by atoms with Gasteiger partial charge in [0.15, 0.2) is 0 Å². The van der Waals surface area contributed by atoms with Gasteiger partial charge in [-0.1, -0.05) is 107 Å². The molecule has 8 rings (SSSR count). The summed E-state index contributed by atoms with van der Waals surface area (Å²) < 4.78 is 39.4. The van der Waals surface area contributed by atoms with E-state index in [9.17, 15) is 5.48 Å². The fraction of sp³-hybridized carbons (Fsp3) is 0.211. The standard InChI is InChI=1S/C57H52N3.Ir/c1-6-41-22-25-45(26-23-41)52-35-55(48-20-14-9-15-21-48)58-38-49(52)27-24-42-32-43(36-56(2,3)50-28-30-53(59-39-50)46-16-10-7-11-17-46)34-44(33-42)37-57(4,5)51-29-31-54(60-40-51)47-18-12-8-13-19-47;/h7-16,18,20,22-23,25-26,28-35,38-40H,6,24,27,36-37H2,1-5H3;/q-3;+3/i24D2,27D2;. The molecule has 0 unspecified atom stereocenters. The summed E-state index contributed by atoms with van der Waals surface area (Å²) in [5, 5.41) is 0. The smallest absolute Gasteiger partial charge is 0.304 e. The monoisotopic (exact) mass is 975 g/mol. The van der Waals surface area contributed by atoms with Crippen molar-refractivity contribution in [3.05, 3.63) is 221 Å². The number of hydrogen-bond donors (Lipinski definition) is 0. The summed E-state index contributed by atoms with van der Waals surface area (Å²) in [7, 11) is 0. The normalized spacial score (nSPS) is 13.0. The first-order chi connectivity index (χ1) is 30.6. The molecule has 0 amide bonds. The van der Waals surface area contributed by atoms with Gasteiger partial charge >= 0.3 is 20.1 Å². The molecule has 0 bridgehead atoms. The summed E-state index contributed by atoms with van der Waals surface area (Å²) in [6, 6.07) is 57.0. The summed E-state index contributed by atoms with van der Waals surface area (Å²) >= 11 is 0. The third kappa shape index (κ3) is 10.6. The van der Waals surface area contributed by atoms with E-state index in [0.29, 0.717) is 24.1 Å². The van der Waals surface area contributed by atoms with Gasteiger partial charge in [-0.05, 0) is 110 Å². The van der Waals surface area contributed by atoms with Crippen molar-refractivity contribution in [2.24, 2.45) is 0 Å². The molecule has 0 fully saturated rings. The molecule has 0 aliphatic carbocycles. The van der Waals surface area contributed by atoms with E-state index in [2.05, 4.69) is 71.0 Å². The Hall–Kier alpha value is -5.80. The van der Waals surface area contributed by atoms with E-state index < -0.39 is 23.6 Å². The van der Waals surface area contributed by atoms with E-state index in [1.807, 2.05) is 140 Å². The summed E-state index contributed by atoms with van der Waals surface area (Å²) in [4.78, 5) is 14.4. The summed E-state index contributed by atoms with van der Waals surface area (Å²) in [6.45, 7) is 10.8. The van der Waals surface area contributed by atoms with Gasteiger partial charge in [-0.25, -0.2) is 0 Å². The average Bonchev–Trinajstić information content (AvgIpc) is 3.32. The van der Waals surface area contributed by atoms with Crippen LogP contribution in [-0.4, -0.2) is 15.0 Å². The Morgan fingerprint density at radius 1 is 0.492 bits per heavy atom. The van der Waals surface area contributed by atoms with Crippen molar-refractivity contribution in [1.29, 1.82) is 0 Å². The van der Waals surface area contributed by atoms with E-state index in [0.717, 1.165) is 67.9 Å². The van der Waals surface area contributed by atoms with Gasteiger partial charge < -0.3 is 15.0 Å². The number of pyridine rings is 3. The van der Waals surface area contributed by atoms with E-state index in [-0.39, 0.29) is 31.2 Å². The third-order valence-corrected chi connectivity index (χ3v) is 11.3. The van der Waals surface area contributed by atoms with Gasteiger partial charge in [0.2, 0.25) is 0 Å². The van der Waals surface area contributed by atoms with E-state index in [1.165, 1.54) is 6.20 Å². The summed E-state index contributed by atoms with van der Waals surface area (Å²) in [5.41, 5.74) is 11.0. The molecular formula is C57H52IrN3. The Labute approximate surface area is 382 Å². The van der Waals surface area contributed by atoms with Crippen LogP contribution < -0.4 is 0 Å². The molecule has 0 radical (unpaired) electrons. The van der Waals surface area contributed by atoms with Crippen molar-refractivity contribution in [1.82, 2.24) is 15.0 Å². The van der Waals surface area contributed by atoms with Crippen LogP contribution in [0.25, 0.3) is 44.9 Å². The first kappa shape index (κ1) is 38.1. The SMILES string of the molecule is [2H]C([2H])(c1cc(CC(C)(C)c2ccc(-c3[c-]cccc3)nc2)cc(CC(C)(C)c2ccc(-c3[c-]cccc3)nc2)c1)C([2H])([2H])c1cnc(-c2[c-]cccc2)cc1-c1ccc(CC)cc1.[Ir+3]. The van der Waals surface area contributed by atoms with Crippen LogP contribution >= 0.6 is 0 Å². The van der Waals surface area contributed by atoms with Crippen molar-refractivity contribution >= 4 is 0 Å². The van der Waals surface area contributed by atoms with Gasteiger partial charge in [0, 0.05) is 24.1 Å².